The Kier molecular flexibility index (Phi) is 4.87. The van der Waals surface area contributed by atoms with Crippen LogP contribution in [0.2, 0.25) is 0 Å². The van der Waals surface area contributed by atoms with Crippen molar-refractivity contribution in [1.29, 1.82) is 0 Å². The van der Waals surface area contributed by atoms with Gasteiger partial charge in [0.15, 0.2) is 0 Å². The molecule has 0 saturated carbocycles. The summed E-state index contributed by atoms with van der Waals surface area (Å²) in [4.78, 5) is 0. The molecule has 15 heavy (non-hydrogen) atoms. The fraction of sp³-hybridized carbons (Fsp3) is 0.533. The van der Waals surface area contributed by atoms with Crippen molar-refractivity contribution in [2.45, 2.75) is 52.9 Å². The molecule has 0 amide bonds. The van der Waals surface area contributed by atoms with Crippen molar-refractivity contribution < 1.29 is 0 Å². The van der Waals surface area contributed by atoms with E-state index >= 15 is 0 Å². The van der Waals surface area contributed by atoms with Gasteiger partial charge in [-0.1, -0.05) is 38.3 Å². The predicted molar refractivity (Wildman–Crippen MR) is 68.2 cm³/mol. The lowest BCUT2D eigenvalue weighted by Gasteiger charge is -2.12. The summed E-state index contributed by atoms with van der Waals surface area (Å²) >= 11 is 0. The molecule has 0 spiro atoms. The van der Waals surface area contributed by atoms with Gasteiger partial charge in [0.05, 0.1) is 0 Å². The maximum atomic E-state index is 3.88. The summed E-state index contributed by atoms with van der Waals surface area (Å²) in [5, 5.41) is 0. The highest BCUT2D eigenvalue weighted by Crippen LogP contribution is 2.20. The first-order chi connectivity index (χ1) is 7.16. The topological polar surface area (TPSA) is 0 Å². The summed E-state index contributed by atoms with van der Waals surface area (Å²) in [6, 6.07) is 4.48. The van der Waals surface area contributed by atoms with Crippen molar-refractivity contribution in [3.63, 3.8) is 0 Å². The first-order valence-corrected chi connectivity index (χ1v) is 6.01. The number of hydrogen-bond donors (Lipinski definition) is 0. The van der Waals surface area contributed by atoms with Gasteiger partial charge in [-0.15, -0.1) is 0 Å². The van der Waals surface area contributed by atoms with E-state index in [1.54, 1.807) is 5.56 Å². The highest BCUT2D eigenvalue weighted by Gasteiger charge is 2.04. The van der Waals surface area contributed by atoms with Crippen LogP contribution in [0.15, 0.2) is 12.1 Å². The van der Waals surface area contributed by atoms with E-state index in [1.807, 2.05) is 0 Å². The molecule has 0 aliphatic heterocycles. The Labute approximate surface area is 94.7 Å². The van der Waals surface area contributed by atoms with Crippen LogP contribution < -0.4 is 0 Å². The van der Waals surface area contributed by atoms with E-state index in [0.717, 1.165) is 6.42 Å². The quantitative estimate of drug-likeness (QED) is 0.616. The smallest absolute Gasteiger partial charge is 0.0274 e. The molecule has 0 heterocycles. The summed E-state index contributed by atoms with van der Waals surface area (Å²) < 4.78 is 0. The average molecular weight is 203 g/mol. The zero-order valence-electron chi connectivity index (χ0n) is 10.4. The van der Waals surface area contributed by atoms with Crippen molar-refractivity contribution in [2.75, 3.05) is 0 Å². The average Bonchev–Trinajstić information content (AvgIpc) is 2.23. The molecule has 83 valence electrons. The predicted octanol–water partition coefficient (Wildman–Crippen LogP) is 4.55. The van der Waals surface area contributed by atoms with E-state index in [1.165, 1.54) is 42.4 Å². The third kappa shape index (κ3) is 3.37. The highest BCUT2D eigenvalue weighted by atomic mass is 14.1. The van der Waals surface area contributed by atoms with Gasteiger partial charge in [-0.25, -0.2) is 0 Å². The molecule has 0 aromatic heterocycles. The minimum Gasteiger partial charge on any atom is -0.0588 e. The lowest BCUT2D eigenvalue weighted by molar-refractivity contribution is 0.682. The van der Waals surface area contributed by atoms with E-state index in [4.69, 9.17) is 0 Å². The summed E-state index contributed by atoms with van der Waals surface area (Å²) in [7, 11) is 0. The van der Waals surface area contributed by atoms with Gasteiger partial charge in [0.25, 0.3) is 0 Å². The van der Waals surface area contributed by atoms with Gasteiger partial charge in [-0.05, 0) is 55.9 Å². The number of aryl methyl sites for hydroxylation is 2. The van der Waals surface area contributed by atoms with Crippen LogP contribution in [0.25, 0.3) is 0 Å². The van der Waals surface area contributed by atoms with Gasteiger partial charge in [-0.3, -0.25) is 0 Å². The molecule has 1 aromatic rings. The molecule has 1 radical (unpaired) electrons. The minimum absolute atomic E-state index is 1.08. The molecule has 0 unspecified atom stereocenters. The molecule has 0 bridgehead atoms. The standard InChI is InChI=1S/C15H23/c1-5-6-7-8-9-15-13(3)11-10-12(2)14(15)4/h10-11H,1,5-9H2,2-4H3. The van der Waals surface area contributed by atoms with Crippen LogP contribution in [-0.4, -0.2) is 0 Å². The largest absolute Gasteiger partial charge is 0.0588 e. The van der Waals surface area contributed by atoms with Crippen LogP contribution in [0.3, 0.4) is 0 Å². The Morgan fingerprint density at radius 1 is 0.933 bits per heavy atom. The molecule has 0 heteroatoms. The van der Waals surface area contributed by atoms with Crippen LogP contribution in [0, 0.1) is 27.7 Å². The lowest BCUT2D eigenvalue weighted by Crippen LogP contribution is -1.96. The van der Waals surface area contributed by atoms with Crippen molar-refractivity contribution in [1.82, 2.24) is 0 Å². The van der Waals surface area contributed by atoms with E-state index in [2.05, 4.69) is 39.8 Å². The third-order valence-corrected chi connectivity index (χ3v) is 3.28. The molecule has 0 atom stereocenters. The number of rotatable bonds is 5. The van der Waals surface area contributed by atoms with Crippen molar-refractivity contribution in [3.8, 4) is 0 Å². The van der Waals surface area contributed by atoms with Crippen LogP contribution in [0.1, 0.15) is 47.9 Å². The Balaban J connectivity index is 2.63. The number of unbranched alkanes of at least 4 members (excludes halogenated alkanes) is 3. The minimum atomic E-state index is 1.08. The molecule has 0 nitrogen and oxygen atoms in total. The number of hydrogen-bond acceptors (Lipinski definition) is 0. The zero-order chi connectivity index (χ0) is 11.3. The summed E-state index contributed by atoms with van der Waals surface area (Å²) in [5.41, 5.74) is 5.93. The summed E-state index contributed by atoms with van der Waals surface area (Å²) in [5.74, 6) is 0. The molecule has 0 saturated heterocycles. The lowest BCUT2D eigenvalue weighted by atomic mass is 9.94. The SMILES string of the molecule is [CH2]CCCCCc1c(C)ccc(C)c1C. The second-order valence-corrected chi connectivity index (χ2v) is 4.47. The molecule has 0 aliphatic rings. The van der Waals surface area contributed by atoms with Crippen LogP contribution in [-0.2, 0) is 6.42 Å². The van der Waals surface area contributed by atoms with E-state index < -0.39 is 0 Å². The first kappa shape index (κ1) is 12.3. The highest BCUT2D eigenvalue weighted by molar-refractivity contribution is 5.39. The van der Waals surface area contributed by atoms with Gasteiger partial charge < -0.3 is 0 Å². The molecular formula is C15H23. The van der Waals surface area contributed by atoms with E-state index in [0.29, 0.717) is 0 Å². The maximum absolute atomic E-state index is 3.88. The van der Waals surface area contributed by atoms with E-state index in [-0.39, 0.29) is 0 Å². The van der Waals surface area contributed by atoms with Gasteiger partial charge in [0, 0.05) is 0 Å². The molecular weight excluding hydrogens is 180 g/mol. The van der Waals surface area contributed by atoms with Crippen molar-refractivity contribution in [2.24, 2.45) is 0 Å². The molecule has 1 aromatic carbocycles. The van der Waals surface area contributed by atoms with Crippen LogP contribution in [0.5, 0.6) is 0 Å². The molecule has 0 fully saturated rings. The van der Waals surface area contributed by atoms with Gasteiger partial charge in [0.1, 0.15) is 0 Å². The van der Waals surface area contributed by atoms with Crippen molar-refractivity contribution in [3.05, 3.63) is 41.3 Å². The zero-order valence-corrected chi connectivity index (χ0v) is 10.4. The summed E-state index contributed by atoms with van der Waals surface area (Å²) in [6.07, 6.45) is 6.20. The van der Waals surface area contributed by atoms with E-state index in [9.17, 15) is 0 Å². The Hall–Kier alpha value is -0.780. The second kappa shape index (κ2) is 5.95. The monoisotopic (exact) mass is 203 g/mol. The number of benzene rings is 1. The van der Waals surface area contributed by atoms with Crippen molar-refractivity contribution >= 4 is 0 Å². The van der Waals surface area contributed by atoms with Crippen LogP contribution >= 0.6 is 0 Å². The summed E-state index contributed by atoms with van der Waals surface area (Å²) in [6.45, 7) is 10.6. The Bertz CT molecular complexity index is 310. The maximum Gasteiger partial charge on any atom is -0.0274 e. The van der Waals surface area contributed by atoms with Crippen LogP contribution in [0.4, 0.5) is 0 Å². The normalized spacial score (nSPS) is 10.7. The second-order valence-electron chi connectivity index (χ2n) is 4.47. The third-order valence-electron chi connectivity index (χ3n) is 3.28. The molecule has 0 N–H and O–H groups in total. The van der Waals surface area contributed by atoms with Gasteiger partial charge in [0.2, 0.25) is 0 Å². The fourth-order valence-corrected chi connectivity index (χ4v) is 2.05. The first-order valence-electron chi connectivity index (χ1n) is 6.01. The Morgan fingerprint density at radius 3 is 2.27 bits per heavy atom. The molecule has 0 aliphatic carbocycles. The Morgan fingerprint density at radius 2 is 1.60 bits per heavy atom. The molecule has 1 rings (SSSR count). The van der Waals surface area contributed by atoms with Gasteiger partial charge >= 0.3 is 0 Å². The van der Waals surface area contributed by atoms with Gasteiger partial charge in [-0.2, -0.15) is 0 Å². The fourth-order valence-electron chi connectivity index (χ4n) is 2.05.